The number of benzene rings is 1. The van der Waals surface area contributed by atoms with Crippen LogP contribution in [0.15, 0.2) is 36.7 Å². The maximum Gasteiger partial charge on any atom is 0.225 e. The molecular weight excluding hydrogens is 374 g/mol. The predicted molar refractivity (Wildman–Crippen MR) is 101 cm³/mol. The second-order valence-electron chi connectivity index (χ2n) is 7.10. The van der Waals surface area contributed by atoms with Gasteiger partial charge in [-0.05, 0) is 43.5 Å². The summed E-state index contributed by atoms with van der Waals surface area (Å²) in [7, 11) is 0. The highest BCUT2D eigenvalue weighted by Gasteiger charge is 2.43. The molecule has 27 heavy (non-hydrogen) atoms. The first-order valence-electron chi connectivity index (χ1n) is 9.02. The van der Waals surface area contributed by atoms with Crippen molar-refractivity contribution in [2.45, 2.75) is 37.5 Å². The molecule has 5 nitrogen and oxygen atoms in total. The number of likely N-dealkylation sites (tertiary alicyclic amines) is 1. The van der Waals surface area contributed by atoms with E-state index in [4.69, 9.17) is 0 Å². The van der Waals surface area contributed by atoms with Crippen molar-refractivity contribution in [1.82, 2.24) is 14.9 Å². The first kappa shape index (κ1) is 19.9. The molecule has 0 radical (unpaired) electrons. The summed E-state index contributed by atoms with van der Waals surface area (Å²) in [6.07, 6.45) is 4.48. The Kier molecular flexibility index (Phi) is 6.24. The number of hydrogen-bond donors (Lipinski definition) is 1. The van der Waals surface area contributed by atoms with Crippen LogP contribution in [-0.4, -0.2) is 51.7 Å². The highest BCUT2D eigenvalue weighted by atomic mass is 35.5. The molecule has 4 rings (SSSR count). The zero-order valence-corrected chi connectivity index (χ0v) is 15.7. The summed E-state index contributed by atoms with van der Waals surface area (Å²) in [5.41, 5.74) is 0.758. The molecule has 0 saturated carbocycles. The minimum absolute atomic E-state index is 0. The average molecular weight is 397 g/mol. The van der Waals surface area contributed by atoms with E-state index in [0.29, 0.717) is 24.5 Å². The predicted octanol–water partition coefficient (Wildman–Crippen LogP) is 2.95. The molecule has 2 aliphatic heterocycles. The molecular formula is C19H23ClF2N4O. The molecule has 1 aromatic carbocycles. The Hall–Kier alpha value is -1.83. The van der Waals surface area contributed by atoms with Crippen LogP contribution in [0.25, 0.3) is 0 Å². The first-order chi connectivity index (χ1) is 12.6. The molecule has 2 aliphatic rings. The van der Waals surface area contributed by atoms with Crippen LogP contribution in [0.5, 0.6) is 0 Å². The van der Waals surface area contributed by atoms with Crippen LogP contribution in [0.2, 0.25) is 0 Å². The van der Waals surface area contributed by atoms with Crippen molar-refractivity contribution in [3.63, 3.8) is 0 Å². The molecule has 1 unspecified atom stereocenters. The van der Waals surface area contributed by atoms with Crippen LogP contribution in [-0.2, 0) is 0 Å². The lowest BCUT2D eigenvalue weighted by molar-refractivity contribution is 0.151. The lowest BCUT2D eigenvalue weighted by atomic mass is 10.0. The normalized spacial score (nSPS) is 22.7. The van der Waals surface area contributed by atoms with Gasteiger partial charge in [-0.15, -0.1) is 12.4 Å². The summed E-state index contributed by atoms with van der Waals surface area (Å²) < 4.78 is 25.9. The van der Waals surface area contributed by atoms with Gasteiger partial charge in [-0.3, -0.25) is 4.90 Å². The van der Waals surface area contributed by atoms with Gasteiger partial charge >= 0.3 is 0 Å². The van der Waals surface area contributed by atoms with Crippen LogP contribution >= 0.6 is 12.4 Å². The summed E-state index contributed by atoms with van der Waals surface area (Å²) in [5.74, 6) is -0.103. The molecule has 0 amide bonds. The Balaban J connectivity index is 0.00000210. The van der Waals surface area contributed by atoms with Gasteiger partial charge in [0.2, 0.25) is 5.95 Å². The largest absolute Gasteiger partial charge is 0.388 e. The molecule has 2 fully saturated rings. The molecule has 0 spiro atoms. The number of aliphatic hydroxyl groups excluding tert-OH is 1. The zero-order chi connectivity index (χ0) is 18.1. The van der Waals surface area contributed by atoms with Crippen molar-refractivity contribution in [2.24, 2.45) is 0 Å². The van der Waals surface area contributed by atoms with Crippen molar-refractivity contribution in [3.05, 3.63) is 53.9 Å². The van der Waals surface area contributed by atoms with Crippen LogP contribution in [0.3, 0.4) is 0 Å². The molecule has 2 bridgehead atoms. The van der Waals surface area contributed by atoms with E-state index in [-0.39, 0.29) is 18.2 Å². The molecule has 3 heterocycles. The SMILES string of the molecule is Cl.OC(CCCN1C[C@@H]2C[C@H]1CN2c1ncc(F)cn1)c1ccc(F)cc1. The fraction of sp³-hybridized carbons (Fsp3) is 0.474. The third kappa shape index (κ3) is 4.36. The zero-order valence-electron chi connectivity index (χ0n) is 14.8. The average Bonchev–Trinajstić information content (AvgIpc) is 3.23. The monoisotopic (exact) mass is 396 g/mol. The smallest absolute Gasteiger partial charge is 0.225 e. The van der Waals surface area contributed by atoms with Crippen molar-refractivity contribution >= 4 is 18.4 Å². The first-order valence-corrected chi connectivity index (χ1v) is 9.02. The van der Waals surface area contributed by atoms with Gasteiger partial charge in [0.1, 0.15) is 5.82 Å². The second kappa shape index (κ2) is 8.46. The van der Waals surface area contributed by atoms with Gasteiger partial charge < -0.3 is 10.0 Å². The van der Waals surface area contributed by atoms with Crippen molar-refractivity contribution in [2.75, 3.05) is 24.5 Å². The summed E-state index contributed by atoms with van der Waals surface area (Å²) in [5, 5.41) is 10.2. The Morgan fingerprint density at radius 2 is 1.74 bits per heavy atom. The van der Waals surface area contributed by atoms with E-state index >= 15 is 0 Å². The molecule has 1 aromatic heterocycles. The van der Waals surface area contributed by atoms with Gasteiger partial charge in [-0.2, -0.15) is 0 Å². The summed E-state index contributed by atoms with van der Waals surface area (Å²) in [4.78, 5) is 12.8. The minimum Gasteiger partial charge on any atom is -0.388 e. The number of halogens is 3. The molecule has 146 valence electrons. The number of aliphatic hydroxyl groups is 1. The number of rotatable bonds is 6. The fourth-order valence-electron chi connectivity index (χ4n) is 4.06. The molecule has 2 aromatic rings. The molecule has 3 atom stereocenters. The van der Waals surface area contributed by atoms with Crippen molar-refractivity contribution in [3.8, 4) is 0 Å². The number of anilines is 1. The minimum atomic E-state index is -0.556. The van der Waals surface area contributed by atoms with Crippen LogP contribution in [0.1, 0.15) is 30.9 Å². The third-order valence-corrected chi connectivity index (χ3v) is 5.40. The van der Waals surface area contributed by atoms with E-state index in [1.807, 2.05) is 0 Å². The highest BCUT2D eigenvalue weighted by molar-refractivity contribution is 5.85. The lowest BCUT2D eigenvalue weighted by Crippen LogP contribution is -2.47. The number of hydrogen-bond acceptors (Lipinski definition) is 5. The van der Waals surface area contributed by atoms with Gasteiger partial charge in [0.15, 0.2) is 5.82 Å². The summed E-state index contributed by atoms with van der Waals surface area (Å²) in [6.45, 7) is 2.73. The van der Waals surface area contributed by atoms with E-state index in [2.05, 4.69) is 19.8 Å². The van der Waals surface area contributed by atoms with E-state index in [9.17, 15) is 13.9 Å². The fourth-order valence-corrected chi connectivity index (χ4v) is 4.06. The van der Waals surface area contributed by atoms with E-state index in [1.54, 1.807) is 12.1 Å². The van der Waals surface area contributed by atoms with Crippen molar-refractivity contribution in [1.29, 1.82) is 0 Å². The standard InChI is InChI=1S/C19H22F2N4O.ClH/c20-14-5-3-13(4-6-14)18(26)2-1-7-24-11-17-8-16(24)12-25(17)19-22-9-15(21)10-23-19;/h3-6,9-10,16-18,26H,1-2,7-8,11-12H2;1H/t16-,17-,18?;/m0./s1. The van der Waals surface area contributed by atoms with E-state index in [0.717, 1.165) is 38.0 Å². The molecule has 8 heteroatoms. The summed E-state index contributed by atoms with van der Waals surface area (Å²) >= 11 is 0. The Morgan fingerprint density at radius 1 is 1.04 bits per heavy atom. The van der Waals surface area contributed by atoms with Crippen LogP contribution in [0.4, 0.5) is 14.7 Å². The van der Waals surface area contributed by atoms with E-state index < -0.39 is 11.9 Å². The maximum absolute atomic E-state index is 13.0. The number of aromatic nitrogens is 2. The quantitative estimate of drug-likeness (QED) is 0.813. The summed E-state index contributed by atoms with van der Waals surface area (Å²) in [6, 6.07) is 6.86. The topological polar surface area (TPSA) is 52.5 Å². The third-order valence-electron chi connectivity index (χ3n) is 5.40. The second-order valence-corrected chi connectivity index (χ2v) is 7.10. The van der Waals surface area contributed by atoms with Gasteiger partial charge in [0, 0.05) is 25.2 Å². The lowest BCUT2D eigenvalue weighted by Gasteiger charge is -2.34. The van der Waals surface area contributed by atoms with Crippen LogP contribution in [0, 0.1) is 11.6 Å². The maximum atomic E-state index is 13.0. The van der Waals surface area contributed by atoms with E-state index in [1.165, 1.54) is 24.5 Å². The molecule has 1 N–H and O–H groups in total. The van der Waals surface area contributed by atoms with Gasteiger partial charge in [-0.25, -0.2) is 18.7 Å². The van der Waals surface area contributed by atoms with Gasteiger partial charge in [0.05, 0.1) is 18.5 Å². The number of fused-ring (bicyclic) bond motifs is 2. The van der Waals surface area contributed by atoms with Gasteiger partial charge in [-0.1, -0.05) is 12.1 Å². The molecule has 2 saturated heterocycles. The van der Waals surface area contributed by atoms with Crippen molar-refractivity contribution < 1.29 is 13.9 Å². The molecule has 0 aliphatic carbocycles. The Labute approximate surface area is 163 Å². The Bertz CT molecular complexity index is 746. The number of nitrogens with zero attached hydrogens (tertiary/aromatic N) is 4. The van der Waals surface area contributed by atoms with Crippen LogP contribution < -0.4 is 4.90 Å². The highest BCUT2D eigenvalue weighted by Crippen LogP contribution is 2.33. The Morgan fingerprint density at radius 3 is 2.37 bits per heavy atom. The number of piperazine rings is 1. The van der Waals surface area contributed by atoms with Gasteiger partial charge in [0.25, 0.3) is 0 Å².